The molecular formula is C27H19Br2NO4. The van der Waals surface area contributed by atoms with Crippen LogP contribution in [0.3, 0.4) is 0 Å². The third-order valence-electron chi connectivity index (χ3n) is 7.23. The lowest BCUT2D eigenvalue weighted by molar-refractivity contribution is -0.122. The smallest absolute Gasteiger partial charge is 0.340 e. The molecule has 2 atom stereocenters. The van der Waals surface area contributed by atoms with E-state index in [1.54, 1.807) is 31.2 Å². The molecule has 3 aliphatic carbocycles. The Labute approximate surface area is 213 Å². The second kappa shape index (κ2) is 7.36. The first-order chi connectivity index (χ1) is 16.4. The van der Waals surface area contributed by atoms with Gasteiger partial charge in [0.15, 0.2) is 0 Å². The summed E-state index contributed by atoms with van der Waals surface area (Å²) in [6.45, 7) is 1.91. The number of alkyl halides is 2. The number of rotatable bonds is 3. The predicted octanol–water partition coefficient (Wildman–Crippen LogP) is 5.27. The highest BCUT2D eigenvalue weighted by Gasteiger charge is 2.72. The summed E-state index contributed by atoms with van der Waals surface area (Å²) in [4.78, 5) is 42.2. The quantitative estimate of drug-likeness (QED) is 0.240. The van der Waals surface area contributed by atoms with Crippen LogP contribution in [0.5, 0.6) is 0 Å². The van der Waals surface area contributed by atoms with E-state index >= 15 is 0 Å². The van der Waals surface area contributed by atoms with Gasteiger partial charge in [-0.1, -0.05) is 92.5 Å². The fraction of sp³-hybridized carbons (Fsp3) is 0.222. The SMILES string of the molecule is CCOC(=O)c1ccccc1N1C(=O)[C@H]2[C@H](C1=O)C1(Br)c3ccccc3C2(Br)c2ccccc21. The van der Waals surface area contributed by atoms with Crippen molar-refractivity contribution in [1.82, 2.24) is 0 Å². The molecule has 2 amide bonds. The molecule has 7 heteroatoms. The Bertz CT molecular complexity index is 1280. The summed E-state index contributed by atoms with van der Waals surface area (Å²) >= 11 is 7.98. The normalized spacial score (nSPS) is 28.4. The fourth-order valence-electron chi connectivity index (χ4n) is 5.95. The fourth-order valence-corrected chi connectivity index (χ4v) is 8.26. The highest BCUT2D eigenvalue weighted by atomic mass is 79.9. The van der Waals surface area contributed by atoms with Gasteiger partial charge in [0, 0.05) is 0 Å². The molecule has 3 aromatic carbocycles. The van der Waals surface area contributed by atoms with E-state index < -0.39 is 26.5 Å². The van der Waals surface area contributed by atoms with Gasteiger partial charge in [0.25, 0.3) is 0 Å². The van der Waals surface area contributed by atoms with Gasteiger partial charge in [0.1, 0.15) is 0 Å². The molecule has 1 heterocycles. The summed E-state index contributed by atoms with van der Waals surface area (Å²) in [5.74, 6) is -2.63. The van der Waals surface area contributed by atoms with Gasteiger partial charge in [0.05, 0.1) is 38.3 Å². The zero-order valence-electron chi connectivity index (χ0n) is 18.1. The van der Waals surface area contributed by atoms with Crippen LogP contribution in [-0.2, 0) is 23.0 Å². The second-order valence-corrected chi connectivity index (χ2v) is 11.2. The minimum atomic E-state index is -0.874. The van der Waals surface area contributed by atoms with E-state index in [1.165, 1.54) is 4.90 Å². The molecule has 0 aromatic heterocycles. The number of hydrogen-bond acceptors (Lipinski definition) is 4. The van der Waals surface area contributed by atoms with Gasteiger partial charge >= 0.3 is 5.97 Å². The summed E-state index contributed by atoms with van der Waals surface area (Å²) < 4.78 is 3.46. The van der Waals surface area contributed by atoms with Crippen LogP contribution in [0.15, 0.2) is 72.8 Å². The maximum atomic E-state index is 14.1. The van der Waals surface area contributed by atoms with E-state index in [9.17, 15) is 14.4 Å². The number of para-hydroxylation sites is 1. The molecule has 2 bridgehead atoms. The minimum absolute atomic E-state index is 0.194. The van der Waals surface area contributed by atoms with Gasteiger partial charge in [0.2, 0.25) is 11.8 Å². The first-order valence-corrected chi connectivity index (χ1v) is 12.7. The molecule has 1 aliphatic heterocycles. The van der Waals surface area contributed by atoms with Crippen LogP contribution >= 0.6 is 31.9 Å². The third-order valence-corrected chi connectivity index (χ3v) is 9.92. The number of ether oxygens (including phenoxy) is 1. The molecule has 5 nitrogen and oxygen atoms in total. The van der Waals surface area contributed by atoms with Crippen LogP contribution in [0.25, 0.3) is 0 Å². The number of benzene rings is 3. The van der Waals surface area contributed by atoms with Gasteiger partial charge in [-0.05, 0) is 41.3 Å². The molecule has 3 aromatic rings. The zero-order valence-corrected chi connectivity index (χ0v) is 21.3. The lowest BCUT2D eigenvalue weighted by Gasteiger charge is -2.55. The maximum absolute atomic E-state index is 14.1. The van der Waals surface area contributed by atoms with E-state index in [4.69, 9.17) is 4.74 Å². The molecule has 0 unspecified atom stereocenters. The van der Waals surface area contributed by atoms with Gasteiger partial charge in [-0.3, -0.25) is 9.59 Å². The van der Waals surface area contributed by atoms with Gasteiger partial charge in [-0.2, -0.15) is 0 Å². The number of anilines is 1. The van der Waals surface area contributed by atoms with Crippen molar-refractivity contribution >= 4 is 55.3 Å². The van der Waals surface area contributed by atoms with E-state index in [0.717, 1.165) is 22.3 Å². The molecule has 1 saturated heterocycles. The van der Waals surface area contributed by atoms with Crippen molar-refractivity contribution in [2.75, 3.05) is 11.5 Å². The molecular weight excluding hydrogens is 562 g/mol. The van der Waals surface area contributed by atoms with Crippen LogP contribution in [-0.4, -0.2) is 24.4 Å². The number of halogens is 2. The highest BCUT2D eigenvalue weighted by molar-refractivity contribution is 9.10. The van der Waals surface area contributed by atoms with Crippen molar-refractivity contribution in [2.24, 2.45) is 11.8 Å². The van der Waals surface area contributed by atoms with E-state index in [0.29, 0.717) is 0 Å². The average molecular weight is 581 g/mol. The Kier molecular flexibility index (Phi) is 4.71. The van der Waals surface area contributed by atoms with Crippen molar-refractivity contribution < 1.29 is 19.1 Å². The maximum Gasteiger partial charge on any atom is 0.340 e. The summed E-state index contributed by atoms with van der Waals surface area (Å²) in [5.41, 5.74) is 4.31. The first-order valence-electron chi connectivity index (χ1n) is 11.1. The lowest BCUT2D eigenvalue weighted by Crippen LogP contribution is -2.56. The summed E-state index contributed by atoms with van der Waals surface area (Å²) in [7, 11) is 0. The number of carbonyl (C=O) groups is 3. The number of esters is 1. The molecule has 0 N–H and O–H groups in total. The van der Waals surface area contributed by atoms with Crippen LogP contribution in [0.1, 0.15) is 39.5 Å². The number of carbonyl (C=O) groups excluding carboxylic acids is 3. The highest BCUT2D eigenvalue weighted by Crippen LogP contribution is 2.70. The van der Waals surface area contributed by atoms with Crippen molar-refractivity contribution in [1.29, 1.82) is 0 Å². The van der Waals surface area contributed by atoms with E-state index in [-0.39, 0.29) is 29.7 Å². The molecule has 0 radical (unpaired) electrons. The summed E-state index contributed by atoms with van der Waals surface area (Å²) in [6.07, 6.45) is 0. The van der Waals surface area contributed by atoms with Gasteiger partial charge in [-0.25, -0.2) is 9.69 Å². The average Bonchev–Trinajstić information content (AvgIpc) is 3.13. The van der Waals surface area contributed by atoms with E-state index in [1.807, 2.05) is 48.5 Å². The Morgan fingerprint density at radius 2 is 1.21 bits per heavy atom. The van der Waals surface area contributed by atoms with E-state index in [2.05, 4.69) is 31.9 Å². The first kappa shape index (κ1) is 21.7. The van der Waals surface area contributed by atoms with Crippen molar-refractivity contribution in [3.05, 3.63) is 101 Å². The molecule has 1 fully saturated rings. The predicted molar refractivity (Wildman–Crippen MR) is 134 cm³/mol. The van der Waals surface area contributed by atoms with Crippen LogP contribution in [0.2, 0.25) is 0 Å². The summed E-state index contributed by atoms with van der Waals surface area (Å²) in [5, 5.41) is 0. The molecule has 170 valence electrons. The monoisotopic (exact) mass is 579 g/mol. The van der Waals surface area contributed by atoms with Crippen LogP contribution < -0.4 is 4.90 Å². The van der Waals surface area contributed by atoms with Gasteiger partial charge < -0.3 is 4.74 Å². The number of imide groups is 1. The van der Waals surface area contributed by atoms with Gasteiger partial charge in [-0.15, -0.1) is 0 Å². The Morgan fingerprint density at radius 1 is 0.794 bits per heavy atom. The Balaban J connectivity index is 1.60. The minimum Gasteiger partial charge on any atom is -0.462 e. The number of nitrogens with zero attached hydrogens (tertiary/aromatic N) is 1. The topological polar surface area (TPSA) is 63.7 Å². The zero-order chi connectivity index (χ0) is 23.8. The van der Waals surface area contributed by atoms with Crippen molar-refractivity contribution in [3.63, 3.8) is 0 Å². The molecule has 0 spiro atoms. The van der Waals surface area contributed by atoms with Crippen molar-refractivity contribution in [3.8, 4) is 0 Å². The molecule has 34 heavy (non-hydrogen) atoms. The number of hydrogen-bond donors (Lipinski definition) is 0. The second-order valence-electron chi connectivity index (χ2n) is 8.72. The Hall–Kier alpha value is -2.77. The molecule has 0 saturated carbocycles. The summed E-state index contributed by atoms with van der Waals surface area (Å²) in [6, 6.07) is 22.5. The molecule has 7 rings (SSSR count). The Morgan fingerprint density at radius 3 is 1.65 bits per heavy atom. The molecule has 4 aliphatic rings. The van der Waals surface area contributed by atoms with Crippen molar-refractivity contribution in [2.45, 2.75) is 15.6 Å². The lowest BCUT2D eigenvalue weighted by atomic mass is 9.54. The third kappa shape index (κ3) is 2.46. The largest absolute Gasteiger partial charge is 0.462 e. The number of amides is 2. The standard InChI is InChI=1S/C27H19Br2NO4/c1-2-34-25(33)15-9-3-8-14-20(15)30-23(31)21-22(24(30)32)27(29)17-11-5-4-10-16(17)26(21,28)18-12-6-7-13-19(18)27/h3-14,21-22H,2H2,1H3/t21-,22-,26?,27?/m1/s1. The van der Waals surface area contributed by atoms with Crippen LogP contribution in [0.4, 0.5) is 5.69 Å². The van der Waals surface area contributed by atoms with Crippen LogP contribution in [0, 0.1) is 11.8 Å².